The van der Waals surface area contributed by atoms with E-state index in [4.69, 9.17) is 0 Å². The Labute approximate surface area is 106 Å². The zero-order valence-electron chi connectivity index (χ0n) is 10.3. The van der Waals surface area contributed by atoms with Crippen LogP contribution in [0.5, 0.6) is 0 Å². The molecule has 0 aliphatic rings. The minimum absolute atomic E-state index is 0.317. The molecule has 0 amide bonds. The van der Waals surface area contributed by atoms with Gasteiger partial charge in [0.1, 0.15) is 11.6 Å². The molecule has 0 radical (unpaired) electrons. The zero-order valence-corrected chi connectivity index (χ0v) is 10.3. The molecule has 0 aliphatic heterocycles. The van der Waals surface area contributed by atoms with E-state index in [0.717, 1.165) is 0 Å². The summed E-state index contributed by atoms with van der Waals surface area (Å²) in [7, 11) is 1.73. The van der Waals surface area contributed by atoms with Crippen LogP contribution in [-0.2, 0) is 0 Å². The normalized spacial score (nSPS) is 12.2. The summed E-state index contributed by atoms with van der Waals surface area (Å²) >= 11 is 0. The molecule has 1 N–H and O–H groups in total. The molecule has 0 spiro atoms. The van der Waals surface area contributed by atoms with Crippen molar-refractivity contribution in [1.82, 2.24) is 4.98 Å². The first-order valence-corrected chi connectivity index (χ1v) is 5.72. The Morgan fingerprint density at radius 1 is 1.22 bits per heavy atom. The number of halogens is 1. The van der Waals surface area contributed by atoms with Gasteiger partial charge in [0.2, 0.25) is 0 Å². The lowest BCUT2D eigenvalue weighted by atomic mass is 10.1. The fraction of sp³-hybridized carbons (Fsp3) is 0.214. The Morgan fingerprint density at radius 2 is 1.94 bits per heavy atom. The predicted molar refractivity (Wildman–Crippen MR) is 69.3 cm³/mol. The first kappa shape index (κ1) is 12.5. The van der Waals surface area contributed by atoms with Gasteiger partial charge in [-0.1, -0.05) is 18.2 Å². The van der Waals surface area contributed by atoms with Crippen LogP contribution in [0.1, 0.15) is 18.6 Å². The SMILES string of the molecule is C[C@H](O)c1cccnc1N(C)c1ccccc1F. The highest BCUT2D eigenvalue weighted by molar-refractivity contribution is 5.62. The van der Waals surface area contributed by atoms with E-state index in [1.807, 2.05) is 0 Å². The number of nitrogens with zero attached hydrogens (tertiary/aromatic N) is 2. The van der Waals surface area contributed by atoms with Gasteiger partial charge in [-0.2, -0.15) is 0 Å². The number of benzene rings is 1. The number of anilines is 2. The number of hydrogen-bond donors (Lipinski definition) is 1. The number of para-hydroxylation sites is 1. The molecule has 18 heavy (non-hydrogen) atoms. The van der Waals surface area contributed by atoms with Crippen molar-refractivity contribution in [1.29, 1.82) is 0 Å². The fourth-order valence-electron chi connectivity index (χ4n) is 1.85. The maximum absolute atomic E-state index is 13.7. The van der Waals surface area contributed by atoms with E-state index in [-0.39, 0.29) is 5.82 Å². The Kier molecular flexibility index (Phi) is 3.58. The van der Waals surface area contributed by atoms with E-state index >= 15 is 0 Å². The molecule has 4 heteroatoms. The van der Waals surface area contributed by atoms with Crippen LogP contribution in [0.4, 0.5) is 15.9 Å². The number of aliphatic hydroxyl groups excluding tert-OH is 1. The molecule has 3 nitrogen and oxygen atoms in total. The number of hydrogen-bond acceptors (Lipinski definition) is 3. The number of aliphatic hydroxyl groups is 1. The van der Waals surface area contributed by atoms with Crippen molar-refractivity contribution in [2.24, 2.45) is 0 Å². The molecule has 1 heterocycles. The highest BCUT2D eigenvalue weighted by atomic mass is 19.1. The van der Waals surface area contributed by atoms with E-state index in [0.29, 0.717) is 17.1 Å². The summed E-state index contributed by atoms with van der Waals surface area (Å²) in [5.74, 6) is 0.236. The van der Waals surface area contributed by atoms with E-state index in [2.05, 4.69) is 4.98 Å². The standard InChI is InChI=1S/C14H15FN2O/c1-10(18)11-6-5-9-16-14(11)17(2)13-8-4-3-7-12(13)15/h3-10,18H,1-2H3/t10-/m0/s1. The van der Waals surface area contributed by atoms with Gasteiger partial charge in [0.25, 0.3) is 0 Å². The van der Waals surface area contributed by atoms with Crippen molar-refractivity contribution in [3.63, 3.8) is 0 Å². The van der Waals surface area contributed by atoms with Gasteiger partial charge in [-0.05, 0) is 25.1 Å². The minimum atomic E-state index is -0.650. The molecule has 1 aromatic carbocycles. The Balaban J connectivity index is 2.46. The topological polar surface area (TPSA) is 36.4 Å². The molecule has 0 aliphatic carbocycles. The van der Waals surface area contributed by atoms with Gasteiger partial charge in [-0.3, -0.25) is 0 Å². The molecule has 0 unspecified atom stereocenters. The summed E-state index contributed by atoms with van der Waals surface area (Å²) in [4.78, 5) is 5.85. The zero-order chi connectivity index (χ0) is 13.1. The molecule has 2 rings (SSSR count). The summed E-state index contributed by atoms with van der Waals surface area (Å²) in [6.07, 6.45) is 0.973. The average molecular weight is 246 g/mol. The molecule has 1 atom stereocenters. The summed E-state index contributed by atoms with van der Waals surface area (Å²) in [5, 5.41) is 9.71. The van der Waals surface area contributed by atoms with Crippen LogP contribution < -0.4 is 4.90 Å². The third-order valence-electron chi connectivity index (χ3n) is 2.80. The second-order valence-corrected chi connectivity index (χ2v) is 4.10. The fourth-order valence-corrected chi connectivity index (χ4v) is 1.85. The molecule has 94 valence electrons. The molecule has 0 fully saturated rings. The van der Waals surface area contributed by atoms with Crippen LogP contribution in [0, 0.1) is 5.82 Å². The summed E-state index contributed by atoms with van der Waals surface area (Å²) in [5.41, 5.74) is 1.10. The summed E-state index contributed by atoms with van der Waals surface area (Å²) in [6.45, 7) is 1.66. The van der Waals surface area contributed by atoms with Crippen molar-refractivity contribution in [2.75, 3.05) is 11.9 Å². The highest BCUT2D eigenvalue weighted by Gasteiger charge is 2.15. The summed E-state index contributed by atoms with van der Waals surface area (Å²) in [6, 6.07) is 10.0. The monoisotopic (exact) mass is 246 g/mol. The lowest BCUT2D eigenvalue weighted by Gasteiger charge is -2.22. The van der Waals surface area contributed by atoms with Crippen molar-refractivity contribution in [3.05, 3.63) is 54.0 Å². The molecule has 1 aromatic heterocycles. The molecule has 0 bridgehead atoms. The van der Waals surface area contributed by atoms with Crippen molar-refractivity contribution in [3.8, 4) is 0 Å². The molecular formula is C14H15FN2O. The second kappa shape index (κ2) is 5.14. The van der Waals surface area contributed by atoms with Gasteiger partial charge < -0.3 is 10.0 Å². The van der Waals surface area contributed by atoms with Gasteiger partial charge in [0, 0.05) is 18.8 Å². The smallest absolute Gasteiger partial charge is 0.146 e. The Bertz CT molecular complexity index is 543. The van der Waals surface area contributed by atoms with Crippen LogP contribution in [0.25, 0.3) is 0 Å². The quantitative estimate of drug-likeness (QED) is 0.904. The molecule has 2 aromatic rings. The van der Waals surface area contributed by atoms with Gasteiger partial charge >= 0.3 is 0 Å². The number of pyridine rings is 1. The lowest BCUT2D eigenvalue weighted by Crippen LogP contribution is -2.15. The van der Waals surface area contributed by atoms with E-state index < -0.39 is 6.10 Å². The molecule has 0 saturated heterocycles. The van der Waals surface area contributed by atoms with Crippen molar-refractivity contribution >= 4 is 11.5 Å². The van der Waals surface area contributed by atoms with E-state index in [1.165, 1.54) is 6.07 Å². The second-order valence-electron chi connectivity index (χ2n) is 4.10. The maximum atomic E-state index is 13.7. The van der Waals surface area contributed by atoms with Gasteiger partial charge in [-0.25, -0.2) is 9.37 Å². The third kappa shape index (κ3) is 2.33. The number of aromatic nitrogens is 1. The molecule has 0 saturated carbocycles. The highest BCUT2D eigenvalue weighted by Crippen LogP contribution is 2.29. The Morgan fingerprint density at radius 3 is 2.61 bits per heavy atom. The first-order valence-electron chi connectivity index (χ1n) is 5.72. The van der Waals surface area contributed by atoms with Gasteiger partial charge in [0.05, 0.1) is 11.8 Å². The van der Waals surface area contributed by atoms with E-state index in [9.17, 15) is 9.50 Å². The maximum Gasteiger partial charge on any atom is 0.146 e. The first-order chi connectivity index (χ1) is 8.61. The van der Waals surface area contributed by atoms with Crippen LogP contribution >= 0.6 is 0 Å². The van der Waals surface area contributed by atoms with Crippen molar-refractivity contribution < 1.29 is 9.50 Å². The average Bonchev–Trinajstić information content (AvgIpc) is 2.38. The van der Waals surface area contributed by atoms with Crippen LogP contribution in [0.3, 0.4) is 0 Å². The number of rotatable bonds is 3. The minimum Gasteiger partial charge on any atom is -0.389 e. The van der Waals surface area contributed by atoms with Crippen LogP contribution in [-0.4, -0.2) is 17.1 Å². The van der Waals surface area contributed by atoms with E-state index in [1.54, 1.807) is 55.4 Å². The van der Waals surface area contributed by atoms with Crippen LogP contribution in [0.2, 0.25) is 0 Å². The summed E-state index contributed by atoms with van der Waals surface area (Å²) < 4.78 is 13.7. The Hall–Kier alpha value is -1.94. The molecular weight excluding hydrogens is 231 g/mol. The van der Waals surface area contributed by atoms with Crippen molar-refractivity contribution in [2.45, 2.75) is 13.0 Å². The predicted octanol–water partition coefficient (Wildman–Crippen LogP) is 3.04. The van der Waals surface area contributed by atoms with Gasteiger partial charge in [-0.15, -0.1) is 0 Å². The third-order valence-corrected chi connectivity index (χ3v) is 2.80. The largest absolute Gasteiger partial charge is 0.389 e. The lowest BCUT2D eigenvalue weighted by molar-refractivity contribution is 0.199. The van der Waals surface area contributed by atoms with Crippen LogP contribution in [0.15, 0.2) is 42.6 Å². The van der Waals surface area contributed by atoms with Gasteiger partial charge in [0.15, 0.2) is 0 Å².